The summed E-state index contributed by atoms with van der Waals surface area (Å²) in [4.78, 5) is 0. The molecule has 1 fully saturated rings. The van der Waals surface area contributed by atoms with E-state index in [9.17, 15) is 17.6 Å². The number of halogens is 4. The third-order valence-corrected chi connectivity index (χ3v) is 8.40. The summed E-state index contributed by atoms with van der Waals surface area (Å²) in [6, 6.07) is 5.28. The van der Waals surface area contributed by atoms with Crippen LogP contribution in [0.15, 0.2) is 36.4 Å². The first-order valence-electron chi connectivity index (χ1n) is 14.8. The van der Waals surface area contributed by atoms with Crippen molar-refractivity contribution in [2.24, 2.45) is 17.8 Å². The molecule has 0 spiro atoms. The van der Waals surface area contributed by atoms with E-state index in [1.165, 1.54) is 49.9 Å². The van der Waals surface area contributed by atoms with Crippen LogP contribution in [0.1, 0.15) is 83.6 Å². The molecule has 0 aliphatic heterocycles. The van der Waals surface area contributed by atoms with Crippen molar-refractivity contribution < 1.29 is 27.0 Å². The van der Waals surface area contributed by atoms with E-state index in [2.05, 4.69) is 19.1 Å². The molecule has 2 aliphatic rings. The second-order valence-corrected chi connectivity index (χ2v) is 11.2. The maximum atomic E-state index is 14.9. The number of benzene rings is 2. The Kier molecular flexibility index (Phi) is 10.9. The fraction of sp³-hybridized carbons (Fsp3) is 0.576. The predicted octanol–water partition coefficient (Wildman–Crippen LogP) is 9.59. The molecule has 0 radical (unpaired) electrons. The molecular weight excluding hydrogens is 504 g/mol. The van der Waals surface area contributed by atoms with Crippen LogP contribution < -0.4 is 4.74 Å². The molecule has 39 heavy (non-hydrogen) atoms. The summed E-state index contributed by atoms with van der Waals surface area (Å²) >= 11 is 0. The molecule has 0 heterocycles. The Morgan fingerprint density at radius 2 is 1.44 bits per heavy atom. The standard InChI is InChI=1S/C33H42F4O2/c1-3-5-6-20-38-26-15-12-24(13-16-26)23-10-8-22(9-11-23)21-39-29-19-18-28(32(36)33(29)37)27-17-14-25(7-4-2)30(34)31(27)35/h8,10,14,17-19,22-24,26H,3-7,9,11-13,15-16,20-21H2,1-2H3. The molecule has 2 atom stereocenters. The van der Waals surface area contributed by atoms with E-state index in [0.29, 0.717) is 30.8 Å². The highest BCUT2D eigenvalue weighted by Gasteiger charge is 2.29. The summed E-state index contributed by atoms with van der Waals surface area (Å²) < 4.78 is 70.5. The molecule has 2 nitrogen and oxygen atoms in total. The van der Waals surface area contributed by atoms with Crippen LogP contribution in [0.3, 0.4) is 0 Å². The Morgan fingerprint density at radius 1 is 0.718 bits per heavy atom. The van der Waals surface area contributed by atoms with Gasteiger partial charge in [-0.2, -0.15) is 4.39 Å². The van der Waals surface area contributed by atoms with Gasteiger partial charge in [0.2, 0.25) is 5.82 Å². The number of unbranched alkanes of at least 4 members (excludes halogenated alkanes) is 2. The molecule has 0 saturated heterocycles. The summed E-state index contributed by atoms with van der Waals surface area (Å²) in [5.74, 6) is -3.46. The molecule has 2 unspecified atom stereocenters. The average molecular weight is 547 g/mol. The maximum Gasteiger partial charge on any atom is 0.201 e. The van der Waals surface area contributed by atoms with Gasteiger partial charge in [0.25, 0.3) is 0 Å². The highest BCUT2D eigenvalue weighted by atomic mass is 19.2. The van der Waals surface area contributed by atoms with Gasteiger partial charge >= 0.3 is 0 Å². The molecule has 0 bridgehead atoms. The van der Waals surface area contributed by atoms with Crippen LogP contribution in [-0.2, 0) is 11.2 Å². The van der Waals surface area contributed by atoms with Crippen molar-refractivity contribution in [2.75, 3.05) is 13.2 Å². The predicted molar refractivity (Wildman–Crippen MR) is 148 cm³/mol. The zero-order valence-electron chi connectivity index (χ0n) is 23.3. The molecule has 4 rings (SSSR count). The topological polar surface area (TPSA) is 18.5 Å². The summed E-state index contributed by atoms with van der Waals surface area (Å²) in [6.45, 7) is 5.18. The minimum Gasteiger partial charge on any atom is -0.490 e. The van der Waals surface area contributed by atoms with E-state index in [0.717, 1.165) is 38.7 Å². The van der Waals surface area contributed by atoms with Crippen molar-refractivity contribution in [3.8, 4) is 16.9 Å². The van der Waals surface area contributed by atoms with Crippen molar-refractivity contribution in [1.82, 2.24) is 0 Å². The molecule has 214 valence electrons. The smallest absolute Gasteiger partial charge is 0.201 e. The van der Waals surface area contributed by atoms with Crippen LogP contribution in [-0.4, -0.2) is 19.3 Å². The lowest BCUT2D eigenvalue weighted by Crippen LogP contribution is -2.27. The van der Waals surface area contributed by atoms with Gasteiger partial charge in [-0.05, 0) is 80.9 Å². The summed E-state index contributed by atoms with van der Waals surface area (Å²) in [6.07, 6.45) is 16.1. The maximum absolute atomic E-state index is 14.9. The van der Waals surface area contributed by atoms with E-state index in [4.69, 9.17) is 9.47 Å². The Morgan fingerprint density at radius 3 is 2.10 bits per heavy atom. The van der Waals surface area contributed by atoms with Crippen LogP contribution in [0.2, 0.25) is 0 Å². The van der Waals surface area contributed by atoms with Crippen LogP contribution >= 0.6 is 0 Å². The monoisotopic (exact) mass is 546 g/mol. The van der Waals surface area contributed by atoms with Crippen molar-refractivity contribution in [3.63, 3.8) is 0 Å². The van der Waals surface area contributed by atoms with Gasteiger partial charge in [0.15, 0.2) is 23.2 Å². The molecule has 1 saturated carbocycles. The Bertz CT molecular complexity index is 1110. The fourth-order valence-corrected chi connectivity index (χ4v) is 6.02. The second kappa shape index (κ2) is 14.3. The van der Waals surface area contributed by atoms with E-state index in [-0.39, 0.29) is 35.0 Å². The van der Waals surface area contributed by atoms with Gasteiger partial charge in [0.05, 0.1) is 12.7 Å². The van der Waals surface area contributed by atoms with Crippen molar-refractivity contribution in [3.05, 3.63) is 65.2 Å². The molecule has 2 aliphatic carbocycles. The molecule has 0 N–H and O–H groups in total. The van der Waals surface area contributed by atoms with Crippen molar-refractivity contribution in [2.45, 2.75) is 90.6 Å². The van der Waals surface area contributed by atoms with Crippen LogP contribution in [0.5, 0.6) is 5.75 Å². The first-order chi connectivity index (χ1) is 18.9. The first kappa shape index (κ1) is 29.6. The number of allylic oxidation sites excluding steroid dienone is 1. The largest absolute Gasteiger partial charge is 0.490 e. The molecular formula is C33H42F4O2. The fourth-order valence-electron chi connectivity index (χ4n) is 6.02. The highest BCUT2D eigenvalue weighted by molar-refractivity contribution is 5.66. The highest BCUT2D eigenvalue weighted by Crippen LogP contribution is 2.38. The molecule has 6 heteroatoms. The third-order valence-electron chi connectivity index (χ3n) is 8.40. The summed E-state index contributed by atoms with van der Waals surface area (Å²) in [5.41, 5.74) is -0.392. The van der Waals surface area contributed by atoms with Crippen LogP contribution in [0.4, 0.5) is 17.6 Å². The minimum atomic E-state index is -1.24. The quantitative estimate of drug-likeness (QED) is 0.150. The third kappa shape index (κ3) is 7.45. The van der Waals surface area contributed by atoms with Crippen LogP contribution in [0, 0.1) is 41.0 Å². The van der Waals surface area contributed by atoms with Gasteiger partial charge in [0.1, 0.15) is 0 Å². The summed E-state index contributed by atoms with van der Waals surface area (Å²) in [5, 5.41) is 0. The molecule has 0 amide bonds. The number of aryl methyl sites for hydroxylation is 1. The zero-order valence-corrected chi connectivity index (χ0v) is 23.3. The molecule has 2 aromatic rings. The van der Waals surface area contributed by atoms with Gasteiger partial charge in [-0.1, -0.05) is 57.4 Å². The Hall–Kier alpha value is -2.34. The van der Waals surface area contributed by atoms with Gasteiger partial charge in [0, 0.05) is 23.7 Å². The first-order valence-corrected chi connectivity index (χ1v) is 14.8. The van der Waals surface area contributed by atoms with Gasteiger partial charge in [-0.3, -0.25) is 0 Å². The minimum absolute atomic E-state index is 0.124. The normalized spacial score (nSPS) is 23.2. The Labute approximate surface area is 230 Å². The molecule has 2 aromatic carbocycles. The molecule has 0 aromatic heterocycles. The van der Waals surface area contributed by atoms with Crippen molar-refractivity contribution in [1.29, 1.82) is 0 Å². The lowest BCUT2D eigenvalue weighted by atomic mass is 9.74. The SMILES string of the molecule is CCCCCOC1CCC(C2C=CC(COc3ccc(-c4ccc(CCC)c(F)c4F)c(F)c3F)CC2)CC1. The zero-order chi connectivity index (χ0) is 27.8. The average Bonchev–Trinajstić information content (AvgIpc) is 2.96. The van der Waals surface area contributed by atoms with Gasteiger partial charge < -0.3 is 9.47 Å². The van der Waals surface area contributed by atoms with E-state index >= 15 is 0 Å². The van der Waals surface area contributed by atoms with E-state index in [1.807, 2.05) is 6.92 Å². The second-order valence-electron chi connectivity index (χ2n) is 11.2. The number of ether oxygens (including phenoxy) is 2. The summed E-state index contributed by atoms with van der Waals surface area (Å²) in [7, 11) is 0. The number of hydrogen-bond acceptors (Lipinski definition) is 2. The number of hydrogen-bond donors (Lipinski definition) is 0. The lowest BCUT2D eigenvalue weighted by molar-refractivity contribution is 0.0109. The van der Waals surface area contributed by atoms with Gasteiger partial charge in [-0.25, -0.2) is 13.2 Å². The lowest BCUT2D eigenvalue weighted by Gasteiger charge is -2.35. The van der Waals surface area contributed by atoms with E-state index in [1.54, 1.807) is 0 Å². The van der Waals surface area contributed by atoms with Crippen molar-refractivity contribution >= 4 is 0 Å². The van der Waals surface area contributed by atoms with E-state index < -0.39 is 23.3 Å². The van der Waals surface area contributed by atoms with Gasteiger partial charge in [-0.15, -0.1) is 0 Å². The Balaban J connectivity index is 1.29. The number of rotatable bonds is 12. The van der Waals surface area contributed by atoms with Crippen LogP contribution in [0.25, 0.3) is 11.1 Å².